The van der Waals surface area contributed by atoms with Crippen molar-refractivity contribution in [3.05, 3.63) is 0 Å². The molecule has 0 spiro atoms. The fourth-order valence-corrected chi connectivity index (χ4v) is 8.15. The van der Waals surface area contributed by atoms with E-state index in [4.69, 9.17) is 11.2 Å². The molecule has 3 nitrogen and oxygen atoms in total. The monoisotopic (exact) mass is 372 g/mol. The van der Waals surface area contributed by atoms with Gasteiger partial charge in [-0.2, -0.15) is 0 Å². The summed E-state index contributed by atoms with van der Waals surface area (Å²) in [5, 5.41) is 10.7. The Labute approximate surface area is 164 Å². The summed E-state index contributed by atoms with van der Waals surface area (Å²) in [6.45, 7) is 5.15. The van der Waals surface area contributed by atoms with E-state index >= 15 is 0 Å². The SMILES string of the molecule is C#C[C@@]1(O)CC[C@@]2(C)[C@H](CC[C@@H]3[C@@H]2CC[C@]2(C)[C@@H](C(=O)COC)CC[C@@H]32)C1. The van der Waals surface area contributed by atoms with Gasteiger partial charge in [0.15, 0.2) is 5.78 Å². The van der Waals surface area contributed by atoms with Crippen LogP contribution in [0.25, 0.3) is 0 Å². The molecule has 150 valence electrons. The van der Waals surface area contributed by atoms with Crippen molar-refractivity contribution in [3.63, 3.8) is 0 Å². The van der Waals surface area contributed by atoms with Crippen LogP contribution in [0.5, 0.6) is 0 Å². The molecular formula is C24H36O3. The number of fused-ring (bicyclic) bond motifs is 5. The molecule has 0 heterocycles. The Morgan fingerprint density at radius 2 is 1.81 bits per heavy atom. The molecule has 27 heavy (non-hydrogen) atoms. The van der Waals surface area contributed by atoms with Gasteiger partial charge in [-0.25, -0.2) is 0 Å². The normalized spacial score (nSPS) is 51.6. The number of aliphatic hydroxyl groups is 1. The molecule has 0 aromatic rings. The summed E-state index contributed by atoms with van der Waals surface area (Å²) in [6.07, 6.45) is 15.3. The van der Waals surface area contributed by atoms with E-state index < -0.39 is 5.60 Å². The summed E-state index contributed by atoms with van der Waals surface area (Å²) in [7, 11) is 1.63. The highest BCUT2D eigenvalue weighted by Gasteiger charge is 2.61. The molecule has 0 aliphatic heterocycles. The number of ether oxygens (including phenoxy) is 1. The average Bonchev–Trinajstić information content (AvgIpc) is 3.00. The number of methoxy groups -OCH3 is 1. The first-order valence-electron chi connectivity index (χ1n) is 11.0. The van der Waals surface area contributed by atoms with Gasteiger partial charge in [-0.1, -0.05) is 19.8 Å². The van der Waals surface area contributed by atoms with Crippen molar-refractivity contribution in [2.24, 2.45) is 40.4 Å². The van der Waals surface area contributed by atoms with Gasteiger partial charge in [0.25, 0.3) is 0 Å². The quantitative estimate of drug-likeness (QED) is 0.754. The van der Waals surface area contributed by atoms with Crippen molar-refractivity contribution >= 4 is 5.78 Å². The first kappa shape index (κ1) is 19.5. The highest BCUT2D eigenvalue weighted by atomic mass is 16.5. The molecule has 4 fully saturated rings. The van der Waals surface area contributed by atoms with Gasteiger partial charge in [0.1, 0.15) is 12.2 Å². The smallest absolute Gasteiger partial charge is 0.162 e. The van der Waals surface area contributed by atoms with Crippen molar-refractivity contribution in [2.75, 3.05) is 13.7 Å². The third kappa shape index (κ3) is 2.82. The van der Waals surface area contributed by atoms with Crippen LogP contribution >= 0.6 is 0 Å². The van der Waals surface area contributed by atoms with Crippen LogP contribution in [-0.4, -0.2) is 30.2 Å². The highest BCUT2D eigenvalue weighted by molar-refractivity contribution is 5.83. The minimum atomic E-state index is -0.884. The summed E-state index contributed by atoms with van der Waals surface area (Å²) in [5.74, 6) is 5.87. The van der Waals surface area contributed by atoms with E-state index in [9.17, 15) is 9.90 Å². The maximum absolute atomic E-state index is 12.7. The lowest BCUT2D eigenvalue weighted by Gasteiger charge is -2.61. The second-order valence-electron chi connectivity index (χ2n) is 10.6. The van der Waals surface area contributed by atoms with Gasteiger partial charge < -0.3 is 9.84 Å². The summed E-state index contributed by atoms with van der Waals surface area (Å²) in [4.78, 5) is 12.7. The predicted octanol–water partition coefficient (Wildman–Crippen LogP) is 4.23. The Bertz CT molecular complexity index is 651. The molecule has 4 aliphatic rings. The molecule has 0 aromatic carbocycles. The first-order chi connectivity index (χ1) is 12.8. The van der Waals surface area contributed by atoms with Crippen molar-refractivity contribution in [2.45, 2.75) is 77.2 Å². The fraction of sp³-hybridized carbons (Fsp3) is 0.875. The molecule has 0 saturated heterocycles. The van der Waals surface area contributed by atoms with Crippen LogP contribution in [-0.2, 0) is 9.53 Å². The van der Waals surface area contributed by atoms with Crippen LogP contribution in [0.4, 0.5) is 0 Å². The van der Waals surface area contributed by atoms with Crippen LogP contribution in [0.15, 0.2) is 0 Å². The van der Waals surface area contributed by atoms with Crippen molar-refractivity contribution in [1.29, 1.82) is 0 Å². The lowest BCUT2D eigenvalue weighted by Crippen LogP contribution is -2.56. The topological polar surface area (TPSA) is 46.5 Å². The highest BCUT2D eigenvalue weighted by Crippen LogP contribution is 2.68. The Hall–Kier alpha value is -0.850. The zero-order chi connectivity index (χ0) is 19.4. The number of hydrogen-bond donors (Lipinski definition) is 1. The molecule has 0 bridgehead atoms. The minimum absolute atomic E-state index is 0.161. The van der Waals surface area contributed by atoms with E-state index in [1.54, 1.807) is 7.11 Å². The number of carbonyl (C=O) groups is 1. The van der Waals surface area contributed by atoms with Gasteiger partial charge in [0, 0.05) is 13.0 Å². The molecular weight excluding hydrogens is 336 g/mol. The van der Waals surface area contributed by atoms with E-state index in [-0.39, 0.29) is 17.9 Å². The minimum Gasteiger partial charge on any atom is -0.378 e. The van der Waals surface area contributed by atoms with Crippen molar-refractivity contribution in [1.82, 2.24) is 0 Å². The molecule has 4 aliphatic carbocycles. The second-order valence-corrected chi connectivity index (χ2v) is 10.6. The molecule has 4 rings (SSSR count). The number of rotatable bonds is 3. The number of hydrogen-bond acceptors (Lipinski definition) is 3. The third-order valence-electron chi connectivity index (χ3n) is 9.67. The summed E-state index contributed by atoms with van der Waals surface area (Å²) in [6, 6.07) is 0. The number of carbonyl (C=O) groups excluding carboxylic acids is 1. The molecule has 0 amide bonds. The molecule has 3 heteroatoms. The lowest BCUT2D eigenvalue weighted by atomic mass is 9.44. The molecule has 4 saturated carbocycles. The van der Waals surface area contributed by atoms with Gasteiger partial charge in [0.05, 0.1) is 0 Å². The Morgan fingerprint density at radius 1 is 1.07 bits per heavy atom. The molecule has 0 unspecified atom stereocenters. The van der Waals surface area contributed by atoms with Crippen LogP contribution in [0.1, 0.15) is 71.6 Å². The van der Waals surface area contributed by atoms with Crippen molar-refractivity contribution in [3.8, 4) is 12.3 Å². The molecule has 8 atom stereocenters. The summed E-state index contributed by atoms with van der Waals surface area (Å²) < 4.78 is 5.17. The van der Waals surface area contributed by atoms with Crippen LogP contribution < -0.4 is 0 Å². The van der Waals surface area contributed by atoms with Gasteiger partial charge >= 0.3 is 0 Å². The van der Waals surface area contributed by atoms with E-state index in [2.05, 4.69) is 19.8 Å². The summed E-state index contributed by atoms with van der Waals surface area (Å²) in [5.41, 5.74) is -0.415. The maximum atomic E-state index is 12.7. The predicted molar refractivity (Wildman–Crippen MR) is 106 cm³/mol. The Kier molecular flexibility index (Phi) is 4.76. The van der Waals surface area contributed by atoms with E-state index in [1.165, 1.54) is 32.1 Å². The standard InChI is InChI=1S/C24H36O3/c1-5-24(26)13-12-22(2)16(14-24)6-7-17-18-8-9-20(21(25)15-27-4)23(18,3)11-10-19(17)22/h1,16-20,26H,6-15H2,2-4H3/t16-,17+,18+,19+,20-,22+,23+,24-/m1/s1. The zero-order valence-electron chi connectivity index (χ0n) is 17.3. The van der Waals surface area contributed by atoms with Gasteiger partial charge in [-0.05, 0) is 92.3 Å². The molecule has 0 aromatic heterocycles. The van der Waals surface area contributed by atoms with Crippen LogP contribution in [0.2, 0.25) is 0 Å². The Balaban J connectivity index is 1.56. The average molecular weight is 373 g/mol. The van der Waals surface area contributed by atoms with Crippen LogP contribution in [0, 0.1) is 52.8 Å². The second kappa shape index (κ2) is 6.60. The number of ketones is 1. The van der Waals surface area contributed by atoms with Gasteiger partial charge in [0.2, 0.25) is 0 Å². The lowest BCUT2D eigenvalue weighted by molar-refractivity contribution is -0.146. The first-order valence-corrected chi connectivity index (χ1v) is 11.0. The van der Waals surface area contributed by atoms with E-state index in [0.29, 0.717) is 23.0 Å². The third-order valence-corrected chi connectivity index (χ3v) is 9.67. The number of Topliss-reactive ketones (excluding diaryl/α,β-unsaturated/α-hetero) is 1. The van der Waals surface area contributed by atoms with E-state index in [0.717, 1.165) is 37.5 Å². The Morgan fingerprint density at radius 3 is 2.52 bits per heavy atom. The fourth-order valence-electron chi connectivity index (χ4n) is 8.15. The van der Waals surface area contributed by atoms with Crippen LogP contribution in [0.3, 0.4) is 0 Å². The van der Waals surface area contributed by atoms with E-state index in [1.807, 2.05) is 0 Å². The summed E-state index contributed by atoms with van der Waals surface area (Å²) >= 11 is 0. The number of terminal acetylenes is 1. The van der Waals surface area contributed by atoms with Crippen molar-refractivity contribution < 1.29 is 14.6 Å². The molecule has 0 radical (unpaired) electrons. The molecule has 1 N–H and O–H groups in total. The largest absolute Gasteiger partial charge is 0.378 e. The van der Waals surface area contributed by atoms with Gasteiger partial charge in [-0.3, -0.25) is 4.79 Å². The van der Waals surface area contributed by atoms with Gasteiger partial charge in [-0.15, -0.1) is 6.42 Å². The maximum Gasteiger partial charge on any atom is 0.162 e. The zero-order valence-corrected chi connectivity index (χ0v) is 17.3.